The van der Waals surface area contributed by atoms with Crippen molar-refractivity contribution in [2.75, 3.05) is 12.4 Å². The van der Waals surface area contributed by atoms with Gasteiger partial charge in [-0.25, -0.2) is 9.18 Å². The first kappa shape index (κ1) is 14.8. The van der Waals surface area contributed by atoms with Crippen molar-refractivity contribution in [3.63, 3.8) is 0 Å². The third kappa shape index (κ3) is 3.51. The van der Waals surface area contributed by atoms with E-state index in [1.54, 1.807) is 18.2 Å². The van der Waals surface area contributed by atoms with Crippen LogP contribution in [0.2, 0.25) is 0 Å². The Balaban J connectivity index is 2.28. The highest BCUT2D eigenvalue weighted by molar-refractivity contribution is 5.95. The molecule has 0 aliphatic rings. The molecule has 5 heteroatoms. The highest BCUT2D eigenvalue weighted by Crippen LogP contribution is 2.25. The van der Waals surface area contributed by atoms with E-state index in [1.165, 1.54) is 19.2 Å². The monoisotopic (exact) mass is 289 g/mol. The number of hydrogen-bond donors (Lipinski definition) is 2. The summed E-state index contributed by atoms with van der Waals surface area (Å²) in [5, 5.41) is 12.6. The third-order valence-corrected chi connectivity index (χ3v) is 3.13. The second-order valence-corrected chi connectivity index (χ2v) is 4.64. The number of ether oxygens (including phenoxy) is 1. The fourth-order valence-corrected chi connectivity index (χ4v) is 2.03. The van der Waals surface area contributed by atoms with Crippen LogP contribution in [0.3, 0.4) is 0 Å². The number of phenolic OH excluding ortho intramolecular Hbond substituents is 1. The van der Waals surface area contributed by atoms with Crippen molar-refractivity contribution in [3.05, 3.63) is 59.4 Å². The van der Waals surface area contributed by atoms with Crippen LogP contribution in [0.5, 0.6) is 5.75 Å². The molecule has 0 saturated heterocycles. The number of carbonyl (C=O) groups excluding carboxylic acids is 1. The van der Waals surface area contributed by atoms with E-state index in [2.05, 4.69) is 10.1 Å². The van der Waals surface area contributed by atoms with Gasteiger partial charge in [0.2, 0.25) is 0 Å². The third-order valence-electron chi connectivity index (χ3n) is 3.13. The number of carbonyl (C=O) groups is 1. The molecule has 2 N–H and O–H groups in total. The van der Waals surface area contributed by atoms with Gasteiger partial charge in [-0.3, -0.25) is 0 Å². The van der Waals surface area contributed by atoms with Crippen molar-refractivity contribution in [1.82, 2.24) is 0 Å². The van der Waals surface area contributed by atoms with Crippen molar-refractivity contribution in [2.24, 2.45) is 0 Å². The van der Waals surface area contributed by atoms with Crippen molar-refractivity contribution in [2.45, 2.75) is 13.0 Å². The molecule has 0 aromatic heterocycles. The van der Waals surface area contributed by atoms with Gasteiger partial charge in [-0.1, -0.05) is 12.1 Å². The Labute approximate surface area is 122 Å². The topological polar surface area (TPSA) is 58.6 Å². The number of nitrogens with one attached hydrogen (secondary N) is 1. The molecule has 0 aliphatic heterocycles. The highest BCUT2D eigenvalue weighted by Gasteiger charge is 2.15. The van der Waals surface area contributed by atoms with Crippen molar-refractivity contribution < 1.29 is 19.0 Å². The first-order chi connectivity index (χ1) is 10.0. The first-order valence-electron chi connectivity index (χ1n) is 6.44. The van der Waals surface area contributed by atoms with E-state index >= 15 is 0 Å². The average molecular weight is 289 g/mol. The molecule has 0 saturated carbocycles. The molecule has 1 unspecified atom stereocenters. The minimum Gasteiger partial charge on any atom is -0.508 e. The highest BCUT2D eigenvalue weighted by atomic mass is 19.1. The number of aromatic hydroxyl groups is 1. The Morgan fingerprint density at radius 1 is 1.29 bits per heavy atom. The molecule has 2 aromatic rings. The van der Waals surface area contributed by atoms with Crippen LogP contribution < -0.4 is 5.32 Å². The molecule has 2 aromatic carbocycles. The number of methoxy groups -OCH3 is 1. The predicted octanol–water partition coefficient (Wildman–Crippen LogP) is 3.49. The lowest BCUT2D eigenvalue weighted by atomic mass is 10.1. The molecule has 0 bridgehead atoms. The quantitative estimate of drug-likeness (QED) is 0.846. The summed E-state index contributed by atoms with van der Waals surface area (Å²) in [6.07, 6.45) is 0. The van der Waals surface area contributed by atoms with E-state index in [0.717, 1.165) is 11.6 Å². The molecular formula is C16H16FNO3. The van der Waals surface area contributed by atoms with Crippen LogP contribution in [0.4, 0.5) is 10.1 Å². The van der Waals surface area contributed by atoms with Crippen molar-refractivity contribution in [1.29, 1.82) is 0 Å². The van der Waals surface area contributed by atoms with Gasteiger partial charge < -0.3 is 15.2 Å². The molecule has 110 valence electrons. The van der Waals surface area contributed by atoms with E-state index < -0.39 is 11.8 Å². The summed E-state index contributed by atoms with van der Waals surface area (Å²) in [4.78, 5) is 11.7. The maximum Gasteiger partial charge on any atom is 0.340 e. The summed E-state index contributed by atoms with van der Waals surface area (Å²) < 4.78 is 17.9. The second-order valence-electron chi connectivity index (χ2n) is 4.64. The standard InChI is InChI=1S/C16H16FNO3/c1-10(11-4-3-5-13(19)8-11)18-15-7-6-12(17)9-14(15)16(20)21-2/h3-10,18-19H,1-2H3. The molecule has 0 amide bonds. The van der Waals surface area contributed by atoms with Crippen molar-refractivity contribution >= 4 is 11.7 Å². The van der Waals surface area contributed by atoms with Gasteiger partial charge in [-0.2, -0.15) is 0 Å². The number of rotatable bonds is 4. The van der Waals surface area contributed by atoms with Gasteiger partial charge >= 0.3 is 5.97 Å². The summed E-state index contributed by atoms with van der Waals surface area (Å²) in [7, 11) is 1.25. The molecule has 21 heavy (non-hydrogen) atoms. The fraction of sp³-hybridized carbons (Fsp3) is 0.188. The number of benzene rings is 2. The Morgan fingerprint density at radius 2 is 2.05 bits per heavy atom. The molecule has 0 aliphatic carbocycles. The predicted molar refractivity (Wildman–Crippen MR) is 77.9 cm³/mol. The van der Waals surface area contributed by atoms with E-state index in [0.29, 0.717) is 5.69 Å². The van der Waals surface area contributed by atoms with Crippen molar-refractivity contribution in [3.8, 4) is 5.75 Å². The fourth-order valence-electron chi connectivity index (χ4n) is 2.03. The van der Waals surface area contributed by atoms with Crippen LogP contribution in [0.25, 0.3) is 0 Å². The summed E-state index contributed by atoms with van der Waals surface area (Å²) in [6.45, 7) is 1.87. The maximum absolute atomic E-state index is 13.3. The van der Waals surface area contributed by atoms with E-state index in [-0.39, 0.29) is 17.4 Å². The smallest absolute Gasteiger partial charge is 0.340 e. The number of phenols is 1. The van der Waals surface area contributed by atoms with E-state index in [1.807, 2.05) is 13.0 Å². The SMILES string of the molecule is COC(=O)c1cc(F)ccc1NC(C)c1cccc(O)c1. The van der Waals surface area contributed by atoms with Crippen LogP contribution >= 0.6 is 0 Å². The minimum absolute atomic E-state index is 0.129. The lowest BCUT2D eigenvalue weighted by molar-refractivity contribution is 0.0601. The summed E-state index contributed by atoms with van der Waals surface area (Å²) in [6, 6.07) is 10.5. The van der Waals surface area contributed by atoms with E-state index in [9.17, 15) is 14.3 Å². The molecule has 0 heterocycles. The van der Waals surface area contributed by atoms with E-state index in [4.69, 9.17) is 0 Å². The van der Waals surface area contributed by atoms with Crippen LogP contribution in [0.1, 0.15) is 28.9 Å². The molecule has 0 radical (unpaired) electrons. The van der Waals surface area contributed by atoms with Gasteiger partial charge in [-0.15, -0.1) is 0 Å². The van der Waals surface area contributed by atoms with Crippen LogP contribution in [-0.2, 0) is 4.74 Å². The number of anilines is 1. The molecule has 2 rings (SSSR count). The van der Waals surface area contributed by atoms with Gasteiger partial charge in [0.1, 0.15) is 11.6 Å². The minimum atomic E-state index is -0.611. The van der Waals surface area contributed by atoms with Gasteiger partial charge in [-0.05, 0) is 42.8 Å². The van der Waals surface area contributed by atoms with Crippen LogP contribution in [0, 0.1) is 5.82 Å². The lowest BCUT2D eigenvalue weighted by Gasteiger charge is -2.18. The van der Waals surface area contributed by atoms with Gasteiger partial charge in [0.15, 0.2) is 0 Å². The molecular weight excluding hydrogens is 273 g/mol. The zero-order valence-corrected chi connectivity index (χ0v) is 11.8. The average Bonchev–Trinajstić information content (AvgIpc) is 2.48. The van der Waals surface area contributed by atoms with Gasteiger partial charge in [0.05, 0.1) is 12.7 Å². The number of halogens is 1. The van der Waals surface area contributed by atoms with Crippen LogP contribution in [0.15, 0.2) is 42.5 Å². The number of hydrogen-bond acceptors (Lipinski definition) is 4. The normalized spacial score (nSPS) is 11.8. The Morgan fingerprint density at radius 3 is 2.71 bits per heavy atom. The Hall–Kier alpha value is -2.56. The summed E-state index contributed by atoms with van der Waals surface area (Å²) in [5.74, 6) is -0.959. The maximum atomic E-state index is 13.3. The Kier molecular flexibility index (Phi) is 4.42. The molecule has 0 fully saturated rings. The summed E-state index contributed by atoms with van der Waals surface area (Å²) in [5.41, 5.74) is 1.44. The number of esters is 1. The van der Waals surface area contributed by atoms with Gasteiger partial charge in [0, 0.05) is 11.7 Å². The molecule has 4 nitrogen and oxygen atoms in total. The molecule has 1 atom stereocenters. The molecule has 0 spiro atoms. The summed E-state index contributed by atoms with van der Waals surface area (Å²) >= 11 is 0. The second kappa shape index (κ2) is 6.26. The largest absolute Gasteiger partial charge is 0.508 e. The van der Waals surface area contributed by atoms with Crippen LogP contribution in [-0.4, -0.2) is 18.2 Å². The Bertz CT molecular complexity index is 658. The zero-order valence-electron chi connectivity index (χ0n) is 11.8. The zero-order chi connectivity index (χ0) is 15.4. The van der Waals surface area contributed by atoms with Gasteiger partial charge in [0.25, 0.3) is 0 Å². The first-order valence-corrected chi connectivity index (χ1v) is 6.44. The lowest BCUT2D eigenvalue weighted by Crippen LogP contribution is -2.12.